The van der Waals surface area contributed by atoms with Crippen LogP contribution in [0.25, 0.3) is 0 Å². The van der Waals surface area contributed by atoms with Crippen LogP contribution in [0.2, 0.25) is 0 Å². The van der Waals surface area contributed by atoms with E-state index in [2.05, 4.69) is 38.7 Å². The smallest absolute Gasteiger partial charge is 0.462 e. The van der Waals surface area contributed by atoms with Gasteiger partial charge in [0.1, 0.15) is 11.9 Å². The minimum Gasteiger partial charge on any atom is -0.462 e. The van der Waals surface area contributed by atoms with Crippen LogP contribution >= 0.6 is 0 Å². The van der Waals surface area contributed by atoms with Crippen LogP contribution in [0.1, 0.15) is 90.2 Å². The molecule has 1 spiro atoms. The van der Waals surface area contributed by atoms with E-state index < -0.39 is 35.8 Å². The molecule has 228 valence electrons. The van der Waals surface area contributed by atoms with E-state index in [0.29, 0.717) is 19.3 Å². The molecule has 0 aromatic heterocycles. The number of ether oxygens (including phenoxy) is 1. The number of Topliss-reactive ketones (excluding diaryl/α,β-unsaturated/α-hetero) is 1. The molecule has 5 aliphatic rings. The quantitative estimate of drug-likeness (QED) is 0.278. The van der Waals surface area contributed by atoms with E-state index in [9.17, 15) is 19.7 Å². The highest BCUT2D eigenvalue weighted by Crippen LogP contribution is 2.68. The van der Waals surface area contributed by atoms with E-state index in [-0.39, 0.29) is 41.3 Å². The van der Waals surface area contributed by atoms with Crippen molar-refractivity contribution >= 4 is 24.3 Å². The Kier molecular flexibility index (Phi) is 7.56. The average molecular weight is 578 g/mol. The second-order valence-corrected chi connectivity index (χ2v) is 14.7. The van der Waals surface area contributed by atoms with E-state index in [0.717, 1.165) is 61.8 Å². The van der Waals surface area contributed by atoms with Crippen LogP contribution in [0.5, 0.6) is 0 Å². The molecule has 1 aromatic carbocycles. The van der Waals surface area contributed by atoms with Gasteiger partial charge in [0.05, 0.1) is 11.7 Å². The minimum atomic E-state index is -0.956. The van der Waals surface area contributed by atoms with Gasteiger partial charge in [0.15, 0.2) is 0 Å². The number of fused-ring (bicyclic) bond motifs is 2. The summed E-state index contributed by atoms with van der Waals surface area (Å²) in [4.78, 5) is 27.2. The molecule has 1 aromatic rings. The summed E-state index contributed by atoms with van der Waals surface area (Å²) in [6.07, 6.45) is 6.59. The van der Waals surface area contributed by atoms with Crippen molar-refractivity contribution < 1.29 is 29.1 Å². The first-order valence-electron chi connectivity index (χ1n) is 16.1. The molecule has 0 unspecified atom stereocenters. The number of benzene rings is 1. The van der Waals surface area contributed by atoms with Gasteiger partial charge in [-0.15, -0.1) is 6.58 Å². The Labute approximate surface area is 251 Å². The molecule has 7 nitrogen and oxygen atoms in total. The third-order valence-electron chi connectivity index (χ3n) is 12.8. The molecule has 4 fully saturated rings. The van der Waals surface area contributed by atoms with E-state index in [1.54, 1.807) is 0 Å². The maximum atomic E-state index is 13.6. The summed E-state index contributed by atoms with van der Waals surface area (Å²) >= 11 is 0. The number of nitrogens with one attached hydrogen (secondary N) is 1. The van der Waals surface area contributed by atoms with Crippen molar-refractivity contribution in [2.45, 2.75) is 103 Å². The Morgan fingerprint density at radius 3 is 2.67 bits per heavy atom. The Balaban J connectivity index is 1.24. The van der Waals surface area contributed by atoms with Crippen molar-refractivity contribution in [1.29, 1.82) is 0 Å². The summed E-state index contributed by atoms with van der Waals surface area (Å²) in [6, 6.07) is 6.07. The fourth-order valence-corrected chi connectivity index (χ4v) is 9.91. The third-order valence-corrected chi connectivity index (χ3v) is 12.8. The number of hydrogen-bond donors (Lipinski definition) is 3. The molecule has 6 rings (SSSR count). The van der Waals surface area contributed by atoms with Crippen molar-refractivity contribution in [1.82, 2.24) is 5.32 Å². The number of aliphatic hydroxyl groups is 1. The fourth-order valence-electron chi connectivity index (χ4n) is 9.91. The monoisotopic (exact) mass is 577 g/mol. The van der Waals surface area contributed by atoms with Crippen molar-refractivity contribution in [3.8, 4) is 0 Å². The third kappa shape index (κ3) is 4.38. The molecular weight excluding hydrogens is 529 g/mol. The van der Waals surface area contributed by atoms with Crippen molar-refractivity contribution in [2.24, 2.45) is 34.0 Å². The number of piperidine rings is 1. The molecule has 0 radical (unpaired) electrons. The summed E-state index contributed by atoms with van der Waals surface area (Å²) < 4.78 is 12.5. The summed E-state index contributed by atoms with van der Waals surface area (Å²) in [7, 11) is -0.956. The zero-order chi connectivity index (χ0) is 30.1. The van der Waals surface area contributed by atoms with Crippen LogP contribution in [0.15, 0.2) is 30.9 Å². The van der Waals surface area contributed by atoms with Crippen LogP contribution in [0.4, 0.5) is 0 Å². The van der Waals surface area contributed by atoms with Gasteiger partial charge in [-0.2, -0.15) is 0 Å². The van der Waals surface area contributed by atoms with Gasteiger partial charge in [-0.25, -0.2) is 0 Å². The lowest BCUT2D eigenvalue weighted by Gasteiger charge is -2.61. The van der Waals surface area contributed by atoms with Crippen LogP contribution in [0.3, 0.4) is 0 Å². The summed E-state index contributed by atoms with van der Waals surface area (Å²) in [5, 5.41) is 25.8. The van der Waals surface area contributed by atoms with Gasteiger partial charge in [0, 0.05) is 29.6 Å². The molecule has 2 bridgehead atoms. The topological polar surface area (TPSA) is 105 Å². The number of aliphatic hydroxyl groups excluding tert-OH is 1. The fraction of sp³-hybridized carbons (Fsp3) is 0.706. The van der Waals surface area contributed by atoms with Gasteiger partial charge < -0.3 is 24.8 Å². The van der Waals surface area contributed by atoms with Crippen molar-refractivity contribution in [3.63, 3.8) is 0 Å². The Bertz CT molecular complexity index is 1260. The first kappa shape index (κ1) is 30.0. The van der Waals surface area contributed by atoms with Crippen LogP contribution in [-0.2, 0) is 31.0 Å². The van der Waals surface area contributed by atoms with Crippen LogP contribution in [0, 0.1) is 34.0 Å². The van der Waals surface area contributed by atoms with E-state index in [1.807, 2.05) is 25.1 Å². The first-order valence-corrected chi connectivity index (χ1v) is 16.1. The number of esters is 1. The van der Waals surface area contributed by atoms with E-state index in [1.165, 1.54) is 0 Å². The molecule has 0 amide bonds. The van der Waals surface area contributed by atoms with Gasteiger partial charge in [0.25, 0.3) is 0 Å². The standard InChI is InChI=1S/C34H48BNO6/c1-6-31(4)20-27(32(5)21(2)11-13-33(22(3)30(31)39)14-12-26(37)29(32)33)41-28(38)10-8-23-7-9-24-25(19-23)35(40)42-34(24)15-17-36-18-16-34/h6-7,9,19,21-22,27,29-30,36,39-40H,1,8,10-18,20H2,2-5H3/t21-,22+,27-,29+,30+,31-,32+,33+/m1/s1. The van der Waals surface area contributed by atoms with Gasteiger partial charge in [-0.1, -0.05) is 52.0 Å². The summed E-state index contributed by atoms with van der Waals surface area (Å²) in [5.74, 6) is -0.115. The molecule has 42 heavy (non-hydrogen) atoms. The van der Waals surface area contributed by atoms with Gasteiger partial charge in [-0.05, 0) is 91.9 Å². The number of aryl methyl sites for hydroxylation is 1. The first-order chi connectivity index (χ1) is 19.9. The van der Waals surface area contributed by atoms with Gasteiger partial charge in [-0.3, -0.25) is 9.59 Å². The van der Waals surface area contributed by atoms with Crippen LogP contribution < -0.4 is 10.8 Å². The highest BCUT2D eigenvalue weighted by atomic mass is 16.5. The summed E-state index contributed by atoms with van der Waals surface area (Å²) in [5.41, 5.74) is 0.927. The van der Waals surface area contributed by atoms with E-state index >= 15 is 0 Å². The van der Waals surface area contributed by atoms with Gasteiger partial charge >= 0.3 is 13.1 Å². The molecule has 3 saturated carbocycles. The number of hydrogen-bond acceptors (Lipinski definition) is 7. The SMILES string of the molecule is C=C[C@]1(C)C[C@@H](OC(=O)CCc2ccc3c(c2)B(O)OC32CCNCC2)[C@]2(C)[C@H](C)CC[C@]3(CCC(=O)[C@H]32)[C@@H](C)[C@@H]1O. The zero-order valence-corrected chi connectivity index (χ0v) is 25.8. The maximum Gasteiger partial charge on any atom is 0.492 e. The predicted octanol–water partition coefficient (Wildman–Crippen LogP) is 3.82. The lowest BCUT2D eigenvalue weighted by Crippen LogP contribution is -2.63. The molecule has 1 saturated heterocycles. The second-order valence-electron chi connectivity index (χ2n) is 14.7. The highest BCUT2D eigenvalue weighted by Gasteiger charge is 2.68. The number of ketones is 1. The highest BCUT2D eigenvalue weighted by molar-refractivity contribution is 6.62. The van der Waals surface area contributed by atoms with Crippen molar-refractivity contribution in [2.75, 3.05) is 13.1 Å². The Morgan fingerprint density at radius 2 is 1.95 bits per heavy atom. The zero-order valence-electron chi connectivity index (χ0n) is 25.8. The molecular formula is C34H48BNO6. The number of carbonyl (C=O) groups excluding carboxylic acids is 2. The molecule has 3 N–H and O–H groups in total. The molecule has 8 heteroatoms. The molecule has 3 aliphatic carbocycles. The maximum absolute atomic E-state index is 13.6. The van der Waals surface area contributed by atoms with Crippen LogP contribution in [-0.4, -0.2) is 54.3 Å². The molecule has 8 atom stereocenters. The number of carbonyl (C=O) groups is 2. The largest absolute Gasteiger partial charge is 0.492 e. The lowest BCUT2D eigenvalue weighted by molar-refractivity contribution is -0.206. The van der Waals surface area contributed by atoms with E-state index in [4.69, 9.17) is 9.39 Å². The summed E-state index contributed by atoms with van der Waals surface area (Å²) in [6.45, 7) is 14.3. The Morgan fingerprint density at radius 1 is 1.21 bits per heavy atom. The second kappa shape index (κ2) is 10.6. The lowest BCUT2D eigenvalue weighted by atomic mass is 9.44. The minimum absolute atomic E-state index is 0.0522. The molecule has 2 heterocycles. The number of rotatable bonds is 5. The van der Waals surface area contributed by atoms with Crippen molar-refractivity contribution in [3.05, 3.63) is 42.0 Å². The average Bonchev–Trinajstić information content (AvgIpc) is 3.47. The normalized spacial score (nSPS) is 40.7. The Hall–Kier alpha value is -2.00. The molecule has 2 aliphatic heterocycles. The predicted molar refractivity (Wildman–Crippen MR) is 162 cm³/mol. The van der Waals surface area contributed by atoms with Gasteiger partial charge in [0.2, 0.25) is 0 Å².